The summed E-state index contributed by atoms with van der Waals surface area (Å²) in [6, 6.07) is 10.2. The predicted molar refractivity (Wildman–Crippen MR) is 44.4 cm³/mol. The number of hydrogen-bond acceptors (Lipinski definition) is 1. The molecule has 0 aromatic heterocycles. The highest BCUT2D eigenvalue weighted by molar-refractivity contribution is 5.29. The van der Waals surface area contributed by atoms with E-state index in [1.54, 1.807) is 0 Å². The van der Waals surface area contributed by atoms with Gasteiger partial charge in [0.15, 0.2) is 0 Å². The van der Waals surface area contributed by atoms with Gasteiger partial charge in [-0.1, -0.05) is 30.3 Å². The fourth-order valence-electron chi connectivity index (χ4n) is 1.52. The topological polar surface area (TPSA) is 20.2 Å². The molecule has 58 valence electrons. The van der Waals surface area contributed by atoms with Gasteiger partial charge in [0, 0.05) is 5.92 Å². The van der Waals surface area contributed by atoms with Crippen LogP contribution in [0.5, 0.6) is 0 Å². The first-order valence-electron chi connectivity index (χ1n) is 3.97. The molecule has 1 aliphatic carbocycles. The fourth-order valence-corrected chi connectivity index (χ4v) is 1.52. The molecule has 11 heavy (non-hydrogen) atoms. The first kappa shape index (κ1) is 6.86. The lowest BCUT2D eigenvalue weighted by Gasteiger charge is -2.01. The van der Waals surface area contributed by atoms with Gasteiger partial charge < -0.3 is 5.11 Å². The molecule has 0 amide bonds. The second-order valence-corrected chi connectivity index (χ2v) is 3.52. The Balaban J connectivity index is 2.21. The quantitative estimate of drug-likeness (QED) is 0.645. The van der Waals surface area contributed by atoms with E-state index in [9.17, 15) is 5.11 Å². The minimum absolute atomic E-state index is 0.378. The molecule has 1 heteroatoms. The zero-order valence-corrected chi connectivity index (χ0v) is 6.62. The molecule has 0 spiro atoms. The van der Waals surface area contributed by atoms with Crippen molar-refractivity contribution in [1.29, 1.82) is 0 Å². The van der Waals surface area contributed by atoms with E-state index in [-0.39, 0.29) is 0 Å². The van der Waals surface area contributed by atoms with Gasteiger partial charge in [0.05, 0.1) is 5.60 Å². The van der Waals surface area contributed by atoms with Crippen LogP contribution in [0, 0.1) is 0 Å². The third-order valence-electron chi connectivity index (χ3n) is 2.41. The van der Waals surface area contributed by atoms with Crippen molar-refractivity contribution >= 4 is 0 Å². The maximum absolute atomic E-state index is 9.55. The molecule has 0 radical (unpaired) electrons. The summed E-state index contributed by atoms with van der Waals surface area (Å²) >= 11 is 0. The van der Waals surface area contributed by atoms with Crippen LogP contribution < -0.4 is 0 Å². The van der Waals surface area contributed by atoms with Gasteiger partial charge in [-0.3, -0.25) is 0 Å². The van der Waals surface area contributed by atoms with Gasteiger partial charge >= 0.3 is 0 Å². The van der Waals surface area contributed by atoms with Crippen LogP contribution in [0.2, 0.25) is 0 Å². The van der Waals surface area contributed by atoms with Gasteiger partial charge in [0.25, 0.3) is 0 Å². The predicted octanol–water partition coefficient (Wildman–Crippen LogP) is 1.92. The van der Waals surface area contributed by atoms with Crippen molar-refractivity contribution in [2.75, 3.05) is 0 Å². The van der Waals surface area contributed by atoms with Crippen molar-refractivity contribution < 1.29 is 5.11 Å². The summed E-state index contributed by atoms with van der Waals surface area (Å²) in [5, 5.41) is 9.55. The van der Waals surface area contributed by atoms with Gasteiger partial charge in [-0.2, -0.15) is 0 Å². The monoisotopic (exact) mass is 148 g/mol. The highest BCUT2D eigenvalue weighted by Crippen LogP contribution is 2.50. The molecule has 0 bridgehead atoms. The SMILES string of the molecule is CC1(O)CC1c1ccccc1. The number of aliphatic hydroxyl groups is 1. The van der Waals surface area contributed by atoms with Crippen molar-refractivity contribution in [1.82, 2.24) is 0 Å². The Labute approximate surface area is 66.7 Å². The molecule has 0 saturated heterocycles. The van der Waals surface area contributed by atoms with Crippen LogP contribution in [0.25, 0.3) is 0 Å². The largest absolute Gasteiger partial charge is 0.390 e. The van der Waals surface area contributed by atoms with Gasteiger partial charge in [0.2, 0.25) is 0 Å². The Hall–Kier alpha value is -0.820. The van der Waals surface area contributed by atoms with E-state index in [0.29, 0.717) is 5.92 Å². The van der Waals surface area contributed by atoms with Crippen molar-refractivity contribution in [2.24, 2.45) is 0 Å². The summed E-state index contributed by atoms with van der Waals surface area (Å²) in [5.41, 5.74) is 0.832. The highest BCUT2D eigenvalue weighted by atomic mass is 16.3. The van der Waals surface area contributed by atoms with Crippen LogP contribution in [0.15, 0.2) is 30.3 Å². The molecule has 1 saturated carbocycles. The van der Waals surface area contributed by atoms with Crippen LogP contribution in [0.1, 0.15) is 24.8 Å². The molecule has 2 unspecified atom stereocenters. The summed E-state index contributed by atoms with van der Waals surface area (Å²) in [6.07, 6.45) is 0.914. The Bertz CT molecular complexity index is 251. The van der Waals surface area contributed by atoms with Crippen LogP contribution in [-0.2, 0) is 0 Å². The van der Waals surface area contributed by atoms with Crippen molar-refractivity contribution in [2.45, 2.75) is 24.9 Å². The molecule has 1 nitrogen and oxygen atoms in total. The number of benzene rings is 1. The lowest BCUT2D eigenvalue weighted by Crippen LogP contribution is -2.01. The Morgan fingerprint density at radius 1 is 1.36 bits per heavy atom. The molecule has 1 aliphatic rings. The van der Waals surface area contributed by atoms with Crippen molar-refractivity contribution in [3.63, 3.8) is 0 Å². The third kappa shape index (κ3) is 1.16. The lowest BCUT2D eigenvalue weighted by atomic mass is 10.1. The molecular formula is C10H12O. The van der Waals surface area contributed by atoms with Gasteiger partial charge in [-0.25, -0.2) is 0 Å². The van der Waals surface area contributed by atoms with Crippen LogP contribution in [0.3, 0.4) is 0 Å². The average Bonchev–Trinajstić information content (AvgIpc) is 2.62. The zero-order chi connectivity index (χ0) is 7.90. The van der Waals surface area contributed by atoms with E-state index >= 15 is 0 Å². The summed E-state index contributed by atoms with van der Waals surface area (Å²) in [6.45, 7) is 1.89. The Morgan fingerprint density at radius 3 is 2.36 bits per heavy atom. The molecule has 2 atom stereocenters. The fraction of sp³-hybridized carbons (Fsp3) is 0.400. The average molecular weight is 148 g/mol. The highest BCUT2D eigenvalue weighted by Gasteiger charge is 2.49. The van der Waals surface area contributed by atoms with Crippen LogP contribution in [0.4, 0.5) is 0 Å². The third-order valence-corrected chi connectivity index (χ3v) is 2.41. The first-order chi connectivity index (χ1) is 5.20. The van der Waals surface area contributed by atoms with E-state index in [1.807, 2.05) is 25.1 Å². The minimum Gasteiger partial charge on any atom is -0.390 e. The number of hydrogen-bond donors (Lipinski definition) is 1. The Morgan fingerprint density at radius 2 is 1.91 bits per heavy atom. The molecule has 0 aliphatic heterocycles. The van der Waals surface area contributed by atoms with Crippen molar-refractivity contribution in [3.8, 4) is 0 Å². The van der Waals surface area contributed by atoms with Gasteiger partial charge in [0.1, 0.15) is 0 Å². The normalized spacial score (nSPS) is 35.3. The zero-order valence-electron chi connectivity index (χ0n) is 6.62. The van der Waals surface area contributed by atoms with E-state index < -0.39 is 5.60 Å². The standard InChI is InChI=1S/C10H12O/c1-10(11)7-9(10)8-5-3-2-4-6-8/h2-6,9,11H,7H2,1H3. The second kappa shape index (κ2) is 2.08. The molecule has 1 N–H and O–H groups in total. The van der Waals surface area contributed by atoms with E-state index in [1.165, 1.54) is 5.56 Å². The molecule has 0 heterocycles. The minimum atomic E-state index is -0.429. The van der Waals surface area contributed by atoms with Crippen LogP contribution >= 0.6 is 0 Å². The van der Waals surface area contributed by atoms with E-state index in [2.05, 4.69) is 12.1 Å². The molecule has 1 aromatic carbocycles. The van der Waals surface area contributed by atoms with Crippen LogP contribution in [-0.4, -0.2) is 10.7 Å². The summed E-state index contributed by atoms with van der Waals surface area (Å²) < 4.78 is 0. The van der Waals surface area contributed by atoms with E-state index in [4.69, 9.17) is 0 Å². The maximum atomic E-state index is 9.55. The summed E-state index contributed by atoms with van der Waals surface area (Å²) in [5.74, 6) is 0.378. The second-order valence-electron chi connectivity index (χ2n) is 3.52. The molecule has 1 fully saturated rings. The lowest BCUT2D eigenvalue weighted by molar-refractivity contribution is 0.164. The maximum Gasteiger partial charge on any atom is 0.0696 e. The van der Waals surface area contributed by atoms with Crippen molar-refractivity contribution in [3.05, 3.63) is 35.9 Å². The smallest absolute Gasteiger partial charge is 0.0696 e. The molecule has 1 aromatic rings. The summed E-state index contributed by atoms with van der Waals surface area (Å²) in [4.78, 5) is 0. The van der Waals surface area contributed by atoms with Gasteiger partial charge in [-0.15, -0.1) is 0 Å². The Kier molecular flexibility index (Phi) is 1.30. The van der Waals surface area contributed by atoms with Gasteiger partial charge in [-0.05, 0) is 18.9 Å². The summed E-state index contributed by atoms with van der Waals surface area (Å²) in [7, 11) is 0. The first-order valence-corrected chi connectivity index (χ1v) is 3.97. The van der Waals surface area contributed by atoms with E-state index in [0.717, 1.165) is 6.42 Å². The number of rotatable bonds is 1. The molecule has 2 rings (SSSR count). The molecular weight excluding hydrogens is 136 g/mol.